The van der Waals surface area contributed by atoms with E-state index in [4.69, 9.17) is 0 Å². The van der Waals surface area contributed by atoms with Crippen LogP contribution in [0.5, 0.6) is 0 Å². The third-order valence-electron chi connectivity index (χ3n) is 1.82. The van der Waals surface area contributed by atoms with Crippen LogP contribution in [0.3, 0.4) is 0 Å². The third kappa shape index (κ3) is 2.29. The molecule has 0 aromatic heterocycles. The van der Waals surface area contributed by atoms with Crippen molar-refractivity contribution < 1.29 is 9.63 Å². The van der Waals surface area contributed by atoms with Gasteiger partial charge in [0.2, 0.25) is 0 Å². The zero-order chi connectivity index (χ0) is 9.84. The van der Waals surface area contributed by atoms with Crippen LogP contribution in [0.15, 0.2) is 18.2 Å². The van der Waals surface area contributed by atoms with Gasteiger partial charge in [0.25, 0.3) is 5.91 Å². The molecule has 0 unspecified atom stereocenters. The Kier molecular flexibility index (Phi) is 3.03. The van der Waals surface area contributed by atoms with E-state index < -0.39 is 0 Å². The smallest absolute Gasteiger partial charge is 0.275 e. The summed E-state index contributed by atoms with van der Waals surface area (Å²) in [7, 11) is 1.42. The number of hydrogen-bond acceptors (Lipinski definition) is 2. The van der Waals surface area contributed by atoms with E-state index in [2.05, 4.69) is 10.3 Å². The lowest BCUT2D eigenvalue weighted by molar-refractivity contribution is 0.0537. The zero-order valence-electron chi connectivity index (χ0n) is 8.05. The molecule has 13 heavy (non-hydrogen) atoms. The van der Waals surface area contributed by atoms with Gasteiger partial charge in [-0.05, 0) is 25.5 Å². The SMILES string of the molecule is CONC(=O)c1ccc(C)cc1C. The first kappa shape index (κ1) is 9.74. The normalized spacial score (nSPS) is 9.77. The number of rotatable bonds is 2. The van der Waals surface area contributed by atoms with E-state index in [1.807, 2.05) is 26.0 Å². The van der Waals surface area contributed by atoms with Gasteiger partial charge in [0, 0.05) is 5.56 Å². The molecule has 0 heterocycles. The molecule has 0 aliphatic rings. The van der Waals surface area contributed by atoms with Gasteiger partial charge in [-0.25, -0.2) is 5.48 Å². The Morgan fingerprint density at radius 3 is 2.62 bits per heavy atom. The molecule has 0 radical (unpaired) electrons. The van der Waals surface area contributed by atoms with E-state index in [0.717, 1.165) is 11.1 Å². The second-order valence-electron chi connectivity index (χ2n) is 2.95. The predicted molar refractivity (Wildman–Crippen MR) is 50.4 cm³/mol. The molecular weight excluding hydrogens is 166 g/mol. The number of aryl methyl sites for hydroxylation is 2. The van der Waals surface area contributed by atoms with Gasteiger partial charge < -0.3 is 0 Å². The van der Waals surface area contributed by atoms with Gasteiger partial charge >= 0.3 is 0 Å². The summed E-state index contributed by atoms with van der Waals surface area (Å²) in [5.74, 6) is -0.208. The second-order valence-corrected chi connectivity index (χ2v) is 2.95. The molecule has 0 aliphatic carbocycles. The molecule has 0 spiro atoms. The minimum Gasteiger partial charge on any atom is -0.277 e. The summed E-state index contributed by atoms with van der Waals surface area (Å²) in [5.41, 5.74) is 5.03. The summed E-state index contributed by atoms with van der Waals surface area (Å²) >= 11 is 0. The van der Waals surface area contributed by atoms with E-state index >= 15 is 0 Å². The molecule has 0 fully saturated rings. The molecule has 1 aromatic rings. The largest absolute Gasteiger partial charge is 0.277 e. The van der Waals surface area contributed by atoms with E-state index in [1.165, 1.54) is 7.11 Å². The Bertz CT molecular complexity index is 321. The third-order valence-corrected chi connectivity index (χ3v) is 1.82. The van der Waals surface area contributed by atoms with Gasteiger partial charge in [-0.3, -0.25) is 9.63 Å². The summed E-state index contributed by atoms with van der Waals surface area (Å²) < 4.78 is 0. The number of nitrogens with one attached hydrogen (secondary N) is 1. The van der Waals surface area contributed by atoms with Crippen LogP contribution in [0.25, 0.3) is 0 Å². The molecule has 1 rings (SSSR count). The Morgan fingerprint density at radius 1 is 1.38 bits per heavy atom. The molecule has 0 saturated heterocycles. The lowest BCUT2D eigenvalue weighted by Gasteiger charge is -2.05. The highest BCUT2D eigenvalue weighted by Crippen LogP contribution is 2.09. The molecule has 0 saturated carbocycles. The minimum absolute atomic E-state index is 0.208. The van der Waals surface area contributed by atoms with Gasteiger partial charge in [0.1, 0.15) is 0 Å². The summed E-state index contributed by atoms with van der Waals surface area (Å²) in [6.45, 7) is 3.89. The van der Waals surface area contributed by atoms with E-state index in [0.29, 0.717) is 5.56 Å². The molecular formula is C10H13NO2. The van der Waals surface area contributed by atoms with Gasteiger partial charge in [0.15, 0.2) is 0 Å². The zero-order valence-corrected chi connectivity index (χ0v) is 8.05. The Labute approximate surface area is 77.7 Å². The average molecular weight is 179 g/mol. The van der Waals surface area contributed by atoms with Crippen LogP contribution < -0.4 is 5.48 Å². The van der Waals surface area contributed by atoms with Gasteiger partial charge in [-0.1, -0.05) is 17.7 Å². The van der Waals surface area contributed by atoms with E-state index in [1.54, 1.807) is 6.07 Å². The minimum atomic E-state index is -0.208. The van der Waals surface area contributed by atoms with Crippen molar-refractivity contribution in [2.24, 2.45) is 0 Å². The highest BCUT2D eigenvalue weighted by atomic mass is 16.6. The van der Waals surface area contributed by atoms with E-state index in [9.17, 15) is 4.79 Å². The quantitative estimate of drug-likeness (QED) is 0.700. The van der Waals surface area contributed by atoms with Crippen LogP contribution in [-0.2, 0) is 4.84 Å². The first-order chi connectivity index (χ1) is 6.15. The fraction of sp³-hybridized carbons (Fsp3) is 0.300. The lowest BCUT2D eigenvalue weighted by atomic mass is 10.1. The fourth-order valence-electron chi connectivity index (χ4n) is 1.22. The van der Waals surface area contributed by atoms with Crippen LogP contribution in [0.4, 0.5) is 0 Å². The first-order valence-electron chi connectivity index (χ1n) is 4.05. The molecule has 1 amide bonds. The molecule has 3 nitrogen and oxygen atoms in total. The van der Waals surface area contributed by atoms with Crippen LogP contribution in [0.2, 0.25) is 0 Å². The standard InChI is InChI=1S/C10H13NO2/c1-7-4-5-9(8(2)6-7)10(12)11-13-3/h4-6H,1-3H3,(H,11,12). The second kappa shape index (κ2) is 4.05. The van der Waals surface area contributed by atoms with Crippen LogP contribution in [-0.4, -0.2) is 13.0 Å². The average Bonchev–Trinajstić information content (AvgIpc) is 2.04. The van der Waals surface area contributed by atoms with Crippen molar-refractivity contribution in [3.05, 3.63) is 34.9 Å². The number of hydrogen-bond donors (Lipinski definition) is 1. The number of hydroxylamine groups is 1. The molecule has 0 atom stereocenters. The Hall–Kier alpha value is -1.35. The van der Waals surface area contributed by atoms with Gasteiger partial charge in [-0.15, -0.1) is 0 Å². The number of carbonyl (C=O) groups is 1. The maximum atomic E-state index is 11.3. The summed E-state index contributed by atoms with van der Waals surface area (Å²) in [6.07, 6.45) is 0. The number of carbonyl (C=O) groups excluding carboxylic acids is 1. The maximum absolute atomic E-state index is 11.3. The van der Waals surface area contributed by atoms with Gasteiger partial charge in [-0.2, -0.15) is 0 Å². The predicted octanol–water partition coefficient (Wildman–Crippen LogP) is 1.59. The maximum Gasteiger partial charge on any atom is 0.275 e. The first-order valence-corrected chi connectivity index (χ1v) is 4.05. The molecule has 1 aromatic carbocycles. The Balaban J connectivity index is 2.95. The number of amides is 1. The van der Waals surface area contributed by atoms with Crippen molar-refractivity contribution in [3.63, 3.8) is 0 Å². The fourth-order valence-corrected chi connectivity index (χ4v) is 1.22. The van der Waals surface area contributed by atoms with Crippen molar-refractivity contribution in [3.8, 4) is 0 Å². The summed E-state index contributed by atoms with van der Waals surface area (Å²) in [5, 5.41) is 0. The monoisotopic (exact) mass is 179 g/mol. The van der Waals surface area contributed by atoms with Crippen molar-refractivity contribution in [1.82, 2.24) is 5.48 Å². The van der Waals surface area contributed by atoms with Crippen molar-refractivity contribution in [2.75, 3.05) is 7.11 Å². The Morgan fingerprint density at radius 2 is 2.08 bits per heavy atom. The van der Waals surface area contributed by atoms with Crippen LogP contribution in [0.1, 0.15) is 21.5 Å². The van der Waals surface area contributed by atoms with Crippen molar-refractivity contribution >= 4 is 5.91 Å². The molecule has 0 aliphatic heterocycles. The van der Waals surface area contributed by atoms with E-state index in [-0.39, 0.29) is 5.91 Å². The van der Waals surface area contributed by atoms with Crippen LogP contribution in [0, 0.1) is 13.8 Å². The number of benzene rings is 1. The summed E-state index contributed by atoms with van der Waals surface area (Å²) in [6, 6.07) is 5.65. The highest BCUT2D eigenvalue weighted by Gasteiger charge is 2.07. The van der Waals surface area contributed by atoms with Gasteiger partial charge in [0.05, 0.1) is 7.11 Å². The van der Waals surface area contributed by atoms with Crippen LogP contribution >= 0.6 is 0 Å². The lowest BCUT2D eigenvalue weighted by Crippen LogP contribution is -2.22. The molecule has 1 N–H and O–H groups in total. The summed E-state index contributed by atoms with van der Waals surface area (Å²) in [4.78, 5) is 15.9. The van der Waals surface area contributed by atoms with Crippen molar-refractivity contribution in [1.29, 1.82) is 0 Å². The molecule has 3 heteroatoms. The molecule has 70 valence electrons. The highest BCUT2D eigenvalue weighted by molar-refractivity contribution is 5.94. The molecule has 0 bridgehead atoms. The van der Waals surface area contributed by atoms with Crippen molar-refractivity contribution in [2.45, 2.75) is 13.8 Å². The topological polar surface area (TPSA) is 38.3 Å².